The number of ether oxygens (including phenoxy) is 3. The average Bonchev–Trinajstić information content (AvgIpc) is 2.86. The Morgan fingerprint density at radius 2 is 1.62 bits per heavy atom. The first-order valence-electron chi connectivity index (χ1n) is 11.7. The molecule has 1 heterocycles. The van der Waals surface area contributed by atoms with Crippen molar-refractivity contribution in [2.45, 2.75) is 44.9 Å². The van der Waals surface area contributed by atoms with Crippen LogP contribution in [0.1, 0.15) is 56.1 Å². The molecule has 1 aliphatic carbocycles. The van der Waals surface area contributed by atoms with Gasteiger partial charge >= 0.3 is 5.97 Å². The minimum atomic E-state index is -0.478. The van der Waals surface area contributed by atoms with Gasteiger partial charge in [0.25, 0.3) is 0 Å². The first-order chi connectivity index (χ1) is 16.5. The zero-order valence-electron chi connectivity index (χ0n) is 20.1. The molecule has 2 atom stereocenters. The Bertz CT molecular complexity index is 1130. The van der Waals surface area contributed by atoms with Crippen LogP contribution in [0.4, 0.5) is 0 Å². The van der Waals surface area contributed by atoms with Gasteiger partial charge in [-0.05, 0) is 61.1 Å². The van der Waals surface area contributed by atoms with Crippen molar-refractivity contribution in [3.63, 3.8) is 0 Å². The molecule has 1 aliphatic heterocycles. The van der Waals surface area contributed by atoms with Gasteiger partial charge in [-0.3, -0.25) is 4.79 Å². The van der Waals surface area contributed by atoms with Crippen molar-refractivity contribution in [3.05, 3.63) is 82.2 Å². The molecule has 34 heavy (non-hydrogen) atoms. The zero-order chi connectivity index (χ0) is 24.2. The lowest BCUT2D eigenvalue weighted by Crippen LogP contribution is -2.36. The fourth-order valence-electron chi connectivity index (χ4n) is 4.84. The molecule has 4 rings (SSSR count). The number of hydrogen-bond acceptors (Lipinski definition) is 6. The fraction of sp³-hybridized carbons (Fsp3) is 0.357. The number of ketones is 1. The number of rotatable bonds is 7. The molecule has 0 spiro atoms. The number of allylic oxidation sites excluding steroid dienone is 3. The van der Waals surface area contributed by atoms with Crippen molar-refractivity contribution < 1.29 is 23.8 Å². The molecule has 2 aliphatic rings. The summed E-state index contributed by atoms with van der Waals surface area (Å²) < 4.78 is 16.1. The molecule has 0 fully saturated rings. The monoisotopic (exact) mass is 461 g/mol. The molecule has 0 unspecified atom stereocenters. The highest BCUT2D eigenvalue weighted by atomic mass is 16.5. The lowest BCUT2D eigenvalue weighted by Gasteiger charge is -2.36. The van der Waals surface area contributed by atoms with Crippen LogP contribution < -0.4 is 14.8 Å². The molecule has 0 bridgehead atoms. The van der Waals surface area contributed by atoms with Gasteiger partial charge in [-0.1, -0.05) is 31.2 Å². The van der Waals surface area contributed by atoms with E-state index in [1.165, 1.54) is 7.11 Å². The van der Waals surface area contributed by atoms with Crippen LogP contribution in [0.25, 0.3) is 0 Å². The predicted octanol–water partition coefficient (Wildman–Crippen LogP) is 5.02. The Balaban J connectivity index is 1.72. The number of hydrogen-bond donors (Lipinski definition) is 1. The van der Waals surface area contributed by atoms with E-state index in [-0.39, 0.29) is 11.7 Å². The van der Waals surface area contributed by atoms with Gasteiger partial charge in [-0.2, -0.15) is 0 Å². The van der Waals surface area contributed by atoms with E-state index >= 15 is 0 Å². The third-order valence-corrected chi connectivity index (χ3v) is 6.51. The van der Waals surface area contributed by atoms with E-state index in [2.05, 4.69) is 12.2 Å². The third-order valence-electron chi connectivity index (χ3n) is 6.51. The van der Waals surface area contributed by atoms with Gasteiger partial charge in [-0.15, -0.1) is 0 Å². The molecule has 0 saturated heterocycles. The van der Waals surface area contributed by atoms with Gasteiger partial charge in [0.1, 0.15) is 11.5 Å². The van der Waals surface area contributed by atoms with Crippen molar-refractivity contribution in [2.75, 3.05) is 20.8 Å². The molecule has 0 amide bonds. The van der Waals surface area contributed by atoms with Gasteiger partial charge in [-0.25, -0.2) is 4.79 Å². The maximum absolute atomic E-state index is 13.6. The average molecular weight is 462 g/mol. The summed E-state index contributed by atoms with van der Waals surface area (Å²) in [5, 5.41) is 3.36. The topological polar surface area (TPSA) is 73.9 Å². The summed E-state index contributed by atoms with van der Waals surface area (Å²) in [5.41, 5.74) is 4.67. The number of carbonyl (C=O) groups excluding carboxylic acids is 2. The van der Waals surface area contributed by atoms with Gasteiger partial charge in [0, 0.05) is 29.3 Å². The summed E-state index contributed by atoms with van der Waals surface area (Å²) in [5.74, 6) is 0.742. The van der Waals surface area contributed by atoms with E-state index in [9.17, 15) is 9.59 Å². The number of carbonyl (C=O) groups is 2. The molecule has 1 N–H and O–H groups in total. The number of esters is 1. The number of nitrogens with one attached hydrogen (secondary N) is 1. The van der Waals surface area contributed by atoms with Crippen LogP contribution in [0.3, 0.4) is 0 Å². The van der Waals surface area contributed by atoms with E-state index in [1.54, 1.807) is 7.11 Å². The van der Waals surface area contributed by atoms with Gasteiger partial charge in [0.05, 0.1) is 26.4 Å². The molecule has 2 aromatic carbocycles. The fourth-order valence-corrected chi connectivity index (χ4v) is 4.84. The number of methoxy groups -OCH3 is 2. The van der Waals surface area contributed by atoms with Crippen molar-refractivity contribution >= 4 is 11.8 Å². The Morgan fingerprint density at radius 3 is 2.24 bits per heavy atom. The number of benzene rings is 2. The highest BCUT2D eigenvalue weighted by molar-refractivity contribution is 6.04. The highest BCUT2D eigenvalue weighted by Crippen LogP contribution is 2.46. The van der Waals surface area contributed by atoms with E-state index in [0.29, 0.717) is 36.3 Å². The lowest BCUT2D eigenvalue weighted by atomic mass is 9.71. The van der Waals surface area contributed by atoms with E-state index in [4.69, 9.17) is 14.2 Å². The zero-order valence-corrected chi connectivity index (χ0v) is 20.1. The van der Waals surface area contributed by atoms with E-state index in [1.807, 2.05) is 55.5 Å². The Kier molecular flexibility index (Phi) is 7.06. The summed E-state index contributed by atoms with van der Waals surface area (Å²) in [6.45, 7) is 4.56. The van der Waals surface area contributed by atoms with Crippen molar-refractivity contribution in [2.24, 2.45) is 0 Å². The largest absolute Gasteiger partial charge is 0.497 e. The molecule has 0 aromatic heterocycles. The normalized spacial score (nSPS) is 19.9. The van der Waals surface area contributed by atoms with Crippen molar-refractivity contribution in [3.8, 4) is 11.5 Å². The lowest BCUT2D eigenvalue weighted by molar-refractivity contribution is -0.136. The quantitative estimate of drug-likeness (QED) is 0.584. The molecular weight excluding hydrogens is 430 g/mol. The summed E-state index contributed by atoms with van der Waals surface area (Å²) in [6.07, 6.45) is 1.99. The van der Waals surface area contributed by atoms with Crippen LogP contribution in [0, 0.1) is 0 Å². The summed E-state index contributed by atoms with van der Waals surface area (Å²) >= 11 is 0. The highest BCUT2D eigenvalue weighted by Gasteiger charge is 2.41. The summed E-state index contributed by atoms with van der Waals surface area (Å²) in [7, 11) is 3.01. The molecular formula is C28H31NO5. The smallest absolute Gasteiger partial charge is 0.336 e. The van der Waals surface area contributed by atoms with Gasteiger partial charge in [0.2, 0.25) is 0 Å². The summed E-state index contributed by atoms with van der Waals surface area (Å²) in [4.78, 5) is 26.4. The predicted molar refractivity (Wildman–Crippen MR) is 130 cm³/mol. The van der Waals surface area contributed by atoms with Crippen LogP contribution >= 0.6 is 0 Å². The SMILES string of the molecule is CCCOc1ccc([C@@H]2C(C(=O)OC)=C(C)NC3=C2C(=O)C[C@H](c2ccc(OC)cc2)C3)cc1. The van der Waals surface area contributed by atoms with Crippen LogP contribution in [0.5, 0.6) is 11.5 Å². The van der Waals surface area contributed by atoms with Crippen molar-refractivity contribution in [1.82, 2.24) is 5.32 Å². The van der Waals surface area contributed by atoms with E-state index in [0.717, 1.165) is 34.7 Å². The maximum Gasteiger partial charge on any atom is 0.336 e. The first kappa shape index (κ1) is 23.6. The Hall–Kier alpha value is -3.54. The minimum absolute atomic E-state index is 0.0415. The van der Waals surface area contributed by atoms with Gasteiger partial charge in [0.15, 0.2) is 5.78 Å². The molecule has 2 aromatic rings. The molecule has 6 heteroatoms. The minimum Gasteiger partial charge on any atom is -0.497 e. The molecule has 178 valence electrons. The molecule has 0 saturated carbocycles. The second kappa shape index (κ2) is 10.2. The Morgan fingerprint density at radius 1 is 0.971 bits per heavy atom. The second-order valence-corrected chi connectivity index (χ2v) is 8.70. The second-order valence-electron chi connectivity index (χ2n) is 8.70. The number of dihydropyridines is 1. The summed E-state index contributed by atoms with van der Waals surface area (Å²) in [6, 6.07) is 15.5. The van der Waals surface area contributed by atoms with Crippen LogP contribution in [0.15, 0.2) is 71.1 Å². The maximum atomic E-state index is 13.6. The number of Topliss-reactive ketones (excluding diaryl/α,β-unsaturated/α-hetero) is 1. The first-order valence-corrected chi connectivity index (χ1v) is 11.7. The molecule has 0 radical (unpaired) electrons. The van der Waals surface area contributed by atoms with Gasteiger partial charge < -0.3 is 19.5 Å². The Labute approximate surface area is 200 Å². The molecule has 6 nitrogen and oxygen atoms in total. The van der Waals surface area contributed by atoms with Crippen molar-refractivity contribution in [1.29, 1.82) is 0 Å². The van der Waals surface area contributed by atoms with Crippen LogP contribution in [0.2, 0.25) is 0 Å². The van der Waals surface area contributed by atoms with E-state index < -0.39 is 11.9 Å². The van der Waals surface area contributed by atoms with Crippen LogP contribution in [-0.4, -0.2) is 32.6 Å². The third kappa shape index (κ3) is 4.58. The van der Waals surface area contributed by atoms with Crippen LogP contribution in [-0.2, 0) is 14.3 Å². The standard InChI is InChI=1S/C28H31NO5/c1-5-14-34-22-12-8-19(9-13-22)26-25(28(31)33-4)17(2)29-23-15-20(16-24(30)27(23)26)18-6-10-21(32-3)11-7-18/h6-13,20,26,29H,5,14-16H2,1-4H3/t20-,26-/m1/s1.